The van der Waals surface area contributed by atoms with Crippen LogP contribution in [0.15, 0.2) is 12.4 Å². The van der Waals surface area contributed by atoms with Crippen LogP contribution >= 0.6 is 0 Å². The van der Waals surface area contributed by atoms with Crippen molar-refractivity contribution in [2.24, 2.45) is 5.92 Å². The van der Waals surface area contributed by atoms with E-state index in [9.17, 15) is 36.9 Å². The lowest BCUT2D eigenvalue weighted by atomic mass is 10.1. The van der Waals surface area contributed by atoms with E-state index in [-0.39, 0.29) is 12.2 Å². The molecular weight excluding hydrogens is 355 g/mol. The zero-order valence-corrected chi connectivity index (χ0v) is 12.4. The van der Waals surface area contributed by atoms with Gasteiger partial charge in [-0.1, -0.05) is 6.92 Å². The molecule has 12 heteroatoms. The van der Waals surface area contributed by atoms with Crippen molar-refractivity contribution in [2.75, 3.05) is 5.32 Å². The Morgan fingerprint density at radius 3 is 2.20 bits per heavy atom. The highest BCUT2D eigenvalue weighted by atomic mass is 19.2. The van der Waals surface area contributed by atoms with E-state index >= 15 is 0 Å². The zero-order valence-electron chi connectivity index (χ0n) is 12.4. The number of aromatic nitrogens is 2. The maximum atomic E-state index is 13.5. The molecule has 0 spiro atoms. The fourth-order valence-electron chi connectivity index (χ4n) is 1.87. The topological polar surface area (TPSA) is 90.1 Å². The predicted octanol–water partition coefficient (Wildman–Crippen LogP) is 2.76. The second-order valence-corrected chi connectivity index (χ2v) is 5.01. The molecule has 0 saturated heterocycles. The molecule has 1 atom stereocenters. The predicted molar refractivity (Wildman–Crippen MR) is 72.9 cm³/mol. The fourth-order valence-corrected chi connectivity index (χ4v) is 1.87. The molecule has 0 aliphatic rings. The fraction of sp³-hybridized carbons (Fsp3) is 0.231. The Labute approximate surface area is 136 Å². The Kier molecular flexibility index (Phi) is 4.99. The largest absolute Gasteiger partial charge is 0.321 e. The summed E-state index contributed by atoms with van der Waals surface area (Å²) in [4.78, 5) is 21.7. The number of nitro groups is 1. The van der Waals surface area contributed by atoms with Gasteiger partial charge in [0.25, 0.3) is 0 Å². The van der Waals surface area contributed by atoms with Crippen molar-refractivity contribution in [1.29, 1.82) is 0 Å². The number of amides is 1. The minimum absolute atomic E-state index is 0.227. The Bertz CT molecular complexity index is 825. The number of hydrogen-bond donors (Lipinski definition) is 1. The highest BCUT2D eigenvalue weighted by molar-refractivity contribution is 5.92. The minimum Gasteiger partial charge on any atom is -0.321 e. The van der Waals surface area contributed by atoms with Gasteiger partial charge in [0.2, 0.25) is 11.7 Å². The number of nitrogens with one attached hydrogen (secondary N) is 1. The van der Waals surface area contributed by atoms with E-state index in [1.807, 2.05) is 0 Å². The molecule has 25 heavy (non-hydrogen) atoms. The Morgan fingerprint density at radius 1 is 1.20 bits per heavy atom. The first-order valence-corrected chi connectivity index (χ1v) is 6.62. The van der Waals surface area contributed by atoms with E-state index in [2.05, 4.69) is 5.10 Å². The van der Waals surface area contributed by atoms with Crippen molar-refractivity contribution in [1.82, 2.24) is 9.78 Å². The average molecular weight is 364 g/mol. The van der Waals surface area contributed by atoms with Gasteiger partial charge in [0.1, 0.15) is 18.1 Å². The van der Waals surface area contributed by atoms with Gasteiger partial charge in [0, 0.05) is 0 Å². The van der Waals surface area contributed by atoms with Gasteiger partial charge in [-0.2, -0.15) is 5.10 Å². The Hall–Kier alpha value is -3.05. The molecule has 0 bridgehead atoms. The number of halogens is 5. The van der Waals surface area contributed by atoms with E-state index in [1.54, 1.807) is 5.32 Å². The number of anilines is 1. The summed E-state index contributed by atoms with van der Waals surface area (Å²) >= 11 is 0. The van der Waals surface area contributed by atoms with Crippen molar-refractivity contribution >= 4 is 17.3 Å². The molecule has 1 N–H and O–H groups in total. The lowest BCUT2D eigenvalue weighted by Gasteiger charge is -2.14. The molecule has 0 aliphatic heterocycles. The number of nitrogens with zero attached hydrogens (tertiary/aromatic N) is 3. The highest BCUT2D eigenvalue weighted by Crippen LogP contribution is 2.27. The first-order valence-electron chi connectivity index (χ1n) is 6.62. The van der Waals surface area contributed by atoms with Gasteiger partial charge in [0.05, 0.1) is 17.4 Å². The van der Waals surface area contributed by atoms with Crippen LogP contribution in [0.1, 0.15) is 6.92 Å². The van der Waals surface area contributed by atoms with Crippen molar-refractivity contribution in [2.45, 2.75) is 13.5 Å². The van der Waals surface area contributed by atoms with Gasteiger partial charge in [-0.15, -0.1) is 0 Å². The summed E-state index contributed by atoms with van der Waals surface area (Å²) in [5.41, 5.74) is -1.81. The number of carbonyl (C=O) groups is 1. The third-order valence-electron chi connectivity index (χ3n) is 3.20. The molecule has 0 radical (unpaired) electrons. The second-order valence-electron chi connectivity index (χ2n) is 5.01. The van der Waals surface area contributed by atoms with Crippen LogP contribution in [0.5, 0.6) is 0 Å². The van der Waals surface area contributed by atoms with Crippen molar-refractivity contribution in [3.05, 3.63) is 51.6 Å². The lowest BCUT2D eigenvalue weighted by Crippen LogP contribution is -2.26. The molecule has 0 saturated carbocycles. The molecule has 7 nitrogen and oxygen atoms in total. The van der Waals surface area contributed by atoms with Gasteiger partial charge >= 0.3 is 5.69 Å². The van der Waals surface area contributed by atoms with Crippen LogP contribution in [0.2, 0.25) is 0 Å². The van der Waals surface area contributed by atoms with Crippen LogP contribution < -0.4 is 5.32 Å². The molecule has 134 valence electrons. The molecule has 2 rings (SSSR count). The van der Waals surface area contributed by atoms with Crippen LogP contribution in [0.25, 0.3) is 0 Å². The molecular formula is C13H9F5N4O3. The molecule has 1 amide bonds. The van der Waals surface area contributed by atoms with E-state index in [0.717, 1.165) is 17.1 Å². The molecule has 1 unspecified atom stereocenters. The smallest absolute Gasteiger partial charge is 0.306 e. The van der Waals surface area contributed by atoms with Gasteiger partial charge in [0.15, 0.2) is 23.3 Å². The molecule has 2 aromatic rings. The first-order chi connectivity index (χ1) is 11.6. The summed E-state index contributed by atoms with van der Waals surface area (Å²) in [5.74, 6) is -13.2. The minimum atomic E-state index is -2.34. The highest BCUT2D eigenvalue weighted by Gasteiger charge is 2.28. The van der Waals surface area contributed by atoms with Crippen LogP contribution in [0.3, 0.4) is 0 Å². The van der Waals surface area contributed by atoms with Crippen molar-refractivity contribution < 1.29 is 31.7 Å². The second kappa shape index (κ2) is 6.83. The average Bonchev–Trinajstić information content (AvgIpc) is 3.03. The van der Waals surface area contributed by atoms with Crippen molar-refractivity contribution in [3.63, 3.8) is 0 Å². The monoisotopic (exact) mass is 364 g/mol. The maximum Gasteiger partial charge on any atom is 0.306 e. The summed E-state index contributed by atoms with van der Waals surface area (Å²) in [5, 5.41) is 15.8. The maximum absolute atomic E-state index is 13.5. The summed E-state index contributed by atoms with van der Waals surface area (Å²) < 4.78 is 67.2. The van der Waals surface area contributed by atoms with E-state index in [1.165, 1.54) is 6.92 Å². The van der Waals surface area contributed by atoms with E-state index in [0.29, 0.717) is 0 Å². The molecule has 0 aliphatic carbocycles. The quantitative estimate of drug-likeness (QED) is 0.290. The lowest BCUT2D eigenvalue weighted by molar-refractivity contribution is -0.385. The molecule has 1 aromatic carbocycles. The summed E-state index contributed by atoms with van der Waals surface area (Å²) in [6.07, 6.45) is 1.94. The summed E-state index contributed by atoms with van der Waals surface area (Å²) in [7, 11) is 0. The number of hydrogen-bond acceptors (Lipinski definition) is 4. The number of rotatable bonds is 5. The number of carbonyl (C=O) groups excluding carboxylic acids is 1. The third-order valence-corrected chi connectivity index (χ3v) is 3.20. The van der Waals surface area contributed by atoms with Gasteiger partial charge in [-0.3, -0.25) is 19.6 Å². The molecule has 0 fully saturated rings. The first kappa shape index (κ1) is 18.3. The zero-order chi connectivity index (χ0) is 18.9. The van der Waals surface area contributed by atoms with Gasteiger partial charge in [-0.25, -0.2) is 22.0 Å². The van der Waals surface area contributed by atoms with Crippen LogP contribution in [0, 0.1) is 45.1 Å². The SMILES string of the molecule is CC(Cn1cc([N+](=O)[O-])cn1)C(=O)Nc1c(F)c(F)c(F)c(F)c1F. The standard InChI is InChI=1S/C13H9F5N4O3/c1-5(3-21-4-6(2-19-21)22(24)25)13(23)20-12-10(17)8(15)7(14)9(16)11(12)18/h2,4-5H,3H2,1H3,(H,20,23). The van der Waals surface area contributed by atoms with Gasteiger partial charge in [-0.05, 0) is 0 Å². The van der Waals surface area contributed by atoms with Crippen LogP contribution in [-0.4, -0.2) is 20.6 Å². The van der Waals surface area contributed by atoms with E-state index in [4.69, 9.17) is 0 Å². The van der Waals surface area contributed by atoms with Crippen LogP contribution in [0.4, 0.5) is 33.3 Å². The molecule has 1 heterocycles. The van der Waals surface area contributed by atoms with E-state index < -0.39 is 51.5 Å². The summed E-state index contributed by atoms with van der Waals surface area (Å²) in [6.45, 7) is 1.05. The van der Waals surface area contributed by atoms with Crippen LogP contribution in [-0.2, 0) is 11.3 Å². The summed E-state index contributed by atoms with van der Waals surface area (Å²) in [6, 6.07) is 0. The third kappa shape index (κ3) is 3.56. The van der Waals surface area contributed by atoms with Gasteiger partial charge < -0.3 is 5.32 Å². The number of benzene rings is 1. The Balaban J connectivity index is 2.17. The normalized spacial score (nSPS) is 12.1. The Morgan fingerprint density at radius 2 is 1.72 bits per heavy atom. The van der Waals surface area contributed by atoms with Crippen molar-refractivity contribution in [3.8, 4) is 0 Å². The molecule has 1 aromatic heterocycles.